The van der Waals surface area contributed by atoms with E-state index in [4.69, 9.17) is 4.74 Å². The van der Waals surface area contributed by atoms with Gasteiger partial charge in [-0.2, -0.15) is 17.0 Å². The van der Waals surface area contributed by atoms with Crippen molar-refractivity contribution < 1.29 is 27.1 Å². The molecule has 2 aromatic rings. The lowest BCUT2D eigenvalue weighted by atomic mass is 9.72. The molecular weight excluding hydrogens is 700 g/mol. The predicted molar refractivity (Wildman–Crippen MR) is 199 cm³/mol. The first-order valence-electron chi connectivity index (χ1n) is 19.1. The molecule has 2 bridgehead atoms. The molecule has 1 aromatic heterocycles. The Morgan fingerprint density at radius 3 is 2.32 bits per heavy atom. The molecule has 0 radical (unpaired) electrons. The average molecular weight is 753 g/mol. The number of aromatic nitrogens is 2. The summed E-state index contributed by atoms with van der Waals surface area (Å²) in [6.45, 7) is 17.6. The number of amides is 2. The summed E-state index contributed by atoms with van der Waals surface area (Å²) in [4.78, 5) is 43.0. The fraction of sp³-hybridized carbons (Fsp3) is 0.632. The van der Waals surface area contributed by atoms with Crippen LogP contribution in [-0.2, 0) is 15.0 Å². The summed E-state index contributed by atoms with van der Waals surface area (Å²) in [5, 5.41) is 0. The van der Waals surface area contributed by atoms with Crippen molar-refractivity contribution in [2.45, 2.75) is 84.0 Å². The molecule has 0 aliphatic carbocycles. The van der Waals surface area contributed by atoms with Gasteiger partial charge in [-0.15, -0.1) is 0 Å². The van der Waals surface area contributed by atoms with Crippen LogP contribution in [0.5, 0.6) is 11.5 Å². The number of carbonyl (C=O) groups excluding carboxylic acids is 2. The Bertz CT molecular complexity index is 1790. The summed E-state index contributed by atoms with van der Waals surface area (Å²) < 4.78 is 51.4. The summed E-state index contributed by atoms with van der Waals surface area (Å²) in [5.41, 5.74) is 0.306. The maximum Gasteiger partial charge on any atom is 0.282 e. The van der Waals surface area contributed by atoms with E-state index < -0.39 is 16.0 Å². The van der Waals surface area contributed by atoms with Crippen molar-refractivity contribution in [2.24, 2.45) is 11.3 Å². The van der Waals surface area contributed by atoms with Crippen LogP contribution in [0.4, 0.5) is 10.2 Å². The predicted octanol–water partition coefficient (Wildman–Crippen LogP) is 4.00. The topological polar surface area (TPSA) is 123 Å². The van der Waals surface area contributed by atoms with Crippen LogP contribution >= 0.6 is 0 Å². The molecule has 53 heavy (non-hydrogen) atoms. The first-order valence-corrected chi connectivity index (χ1v) is 20.5. The number of nitrogens with zero attached hydrogens (tertiary/aromatic N) is 8. The van der Waals surface area contributed by atoms with Gasteiger partial charge < -0.3 is 24.3 Å². The van der Waals surface area contributed by atoms with E-state index in [1.807, 2.05) is 32.6 Å². The maximum absolute atomic E-state index is 14.4. The van der Waals surface area contributed by atoms with Gasteiger partial charge in [0, 0.05) is 83.1 Å². The van der Waals surface area contributed by atoms with E-state index in [0.29, 0.717) is 43.7 Å². The van der Waals surface area contributed by atoms with Crippen LogP contribution in [0.1, 0.15) is 70.2 Å². The number of halogens is 1. The highest BCUT2D eigenvalue weighted by atomic mass is 32.2. The van der Waals surface area contributed by atoms with Crippen LogP contribution < -0.4 is 9.64 Å². The zero-order valence-electron chi connectivity index (χ0n) is 31.4. The molecule has 5 fully saturated rings. The number of hydrogen-bond donors (Lipinski definition) is 0. The second kappa shape index (κ2) is 14.9. The number of fused-ring (bicyclic) bond motifs is 2. The van der Waals surface area contributed by atoms with E-state index in [-0.39, 0.29) is 52.7 Å². The lowest BCUT2D eigenvalue weighted by Crippen LogP contribution is -2.63. The molecule has 0 N–H and O–H groups in total. The second-order valence-electron chi connectivity index (χ2n) is 16.2. The molecule has 6 heterocycles. The summed E-state index contributed by atoms with van der Waals surface area (Å²) in [6, 6.07) is 3.70. The number of likely N-dealkylation sites (tertiary alicyclic amines) is 1. The number of anilines is 1. The number of piperidine rings is 1. The number of carbonyl (C=O) groups is 2. The zero-order chi connectivity index (χ0) is 37.7. The third-order valence-electron chi connectivity index (χ3n) is 11.9. The fourth-order valence-electron chi connectivity index (χ4n) is 9.46. The number of ether oxygens (including phenoxy) is 1. The number of rotatable bonds is 11. The quantitative estimate of drug-likeness (QED) is 0.314. The minimum absolute atomic E-state index is 0.0748. The van der Waals surface area contributed by atoms with E-state index in [9.17, 15) is 22.4 Å². The standard InChI is InChI=1S/C38H53FN8O5S/c1-6-35(48)47-30-8-9-31(47)22-45(21-30)53(50,51)44-15-12-38(13-16-44)23-42(24-38)19-28-11-14-43(20-28)36-34(18-40-25-41-36)52-33-10-7-29(39)17-32(33)37(49)46(26(2)3)27(4)5/h6-7,10,17-18,25-28,30-31H,1,8-9,11-16,19-24H2,2-5H3/t28-,30?,31?/m0/s1. The van der Waals surface area contributed by atoms with Crippen LogP contribution in [0.25, 0.3) is 0 Å². The van der Waals surface area contributed by atoms with Crippen molar-refractivity contribution in [3.05, 3.63) is 54.8 Å². The summed E-state index contributed by atoms with van der Waals surface area (Å²) in [5.74, 6) is 0.826. The first kappa shape index (κ1) is 37.6. The summed E-state index contributed by atoms with van der Waals surface area (Å²) in [7, 11) is -3.58. The van der Waals surface area contributed by atoms with Crippen LogP contribution in [0, 0.1) is 17.2 Å². The van der Waals surface area contributed by atoms with Crippen molar-refractivity contribution >= 4 is 27.8 Å². The van der Waals surface area contributed by atoms with Gasteiger partial charge >= 0.3 is 0 Å². The molecule has 5 aliphatic heterocycles. The van der Waals surface area contributed by atoms with Gasteiger partial charge in [0.25, 0.3) is 16.1 Å². The van der Waals surface area contributed by atoms with Gasteiger partial charge in [-0.25, -0.2) is 14.4 Å². The molecule has 3 atom stereocenters. The van der Waals surface area contributed by atoms with E-state index in [2.05, 4.69) is 26.3 Å². The molecule has 13 nitrogen and oxygen atoms in total. The van der Waals surface area contributed by atoms with Crippen LogP contribution in [0.15, 0.2) is 43.4 Å². The van der Waals surface area contributed by atoms with E-state index >= 15 is 0 Å². The Kier molecular flexibility index (Phi) is 10.6. The molecule has 7 rings (SSSR count). The van der Waals surface area contributed by atoms with Gasteiger partial charge in [-0.05, 0) is 95.4 Å². The highest BCUT2D eigenvalue weighted by Crippen LogP contribution is 2.43. The largest absolute Gasteiger partial charge is 0.451 e. The Morgan fingerprint density at radius 2 is 1.68 bits per heavy atom. The van der Waals surface area contributed by atoms with Gasteiger partial charge in [-0.3, -0.25) is 9.59 Å². The summed E-state index contributed by atoms with van der Waals surface area (Å²) >= 11 is 0. The lowest BCUT2D eigenvalue weighted by molar-refractivity contribution is -0.130. The van der Waals surface area contributed by atoms with Gasteiger partial charge in [0.2, 0.25) is 5.91 Å². The van der Waals surface area contributed by atoms with E-state index in [1.165, 1.54) is 30.6 Å². The first-order chi connectivity index (χ1) is 25.3. The van der Waals surface area contributed by atoms with Crippen LogP contribution in [-0.4, -0.2) is 137 Å². The highest BCUT2D eigenvalue weighted by molar-refractivity contribution is 7.86. The second-order valence-corrected chi connectivity index (χ2v) is 18.1. The molecular formula is C38H53FN8O5S. The van der Waals surface area contributed by atoms with Crippen molar-refractivity contribution in [1.82, 2.24) is 33.3 Å². The average Bonchev–Trinajstić information content (AvgIpc) is 3.68. The lowest BCUT2D eigenvalue weighted by Gasteiger charge is -2.54. The Labute approximate surface area is 312 Å². The van der Waals surface area contributed by atoms with E-state index in [0.717, 1.165) is 64.8 Å². The Hall–Kier alpha value is -3.66. The smallest absolute Gasteiger partial charge is 0.282 e. The Balaban J connectivity index is 0.922. The zero-order valence-corrected chi connectivity index (χ0v) is 32.2. The van der Waals surface area contributed by atoms with Crippen LogP contribution in [0.2, 0.25) is 0 Å². The molecule has 1 spiro atoms. The van der Waals surface area contributed by atoms with Crippen molar-refractivity contribution in [3.8, 4) is 11.5 Å². The van der Waals surface area contributed by atoms with Crippen molar-refractivity contribution in [3.63, 3.8) is 0 Å². The van der Waals surface area contributed by atoms with Gasteiger partial charge in [0.1, 0.15) is 17.9 Å². The normalized spacial score (nSPS) is 24.9. The maximum atomic E-state index is 14.4. The monoisotopic (exact) mass is 752 g/mol. The molecule has 2 unspecified atom stereocenters. The number of hydrogen-bond acceptors (Lipinski definition) is 9. The van der Waals surface area contributed by atoms with Gasteiger partial charge in [0.15, 0.2) is 11.6 Å². The molecule has 5 aliphatic rings. The van der Waals surface area contributed by atoms with E-state index in [1.54, 1.807) is 19.7 Å². The van der Waals surface area contributed by atoms with Crippen LogP contribution in [0.3, 0.4) is 0 Å². The van der Waals surface area contributed by atoms with Gasteiger partial charge in [0.05, 0.1) is 11.8 Å². The third-order valence-corrected chi connectivity index (χ3v) is 13.9. The van der Waals surface area contributed by atoms with Crippen molar-refractivity contribution in [2.75, 3.05) is 63.8 Å². The SMILES string of the molecule is C=CC(=O)N1C2CCC1CN(S(=O)(=O)N1CCC3(CC1)CN(C[C@@H]1CCN(c4ncncc4Oc4ccc(F)cc4C(=O)N(C(C)C)C(C)C)C1)C3)C2. The molecule has 2 amide bonds. The number of benzene rings is 1. The molecule has 0 saturated carbocycles. The molecule has 1 aromatic carbocycles. The number of piperazine rings is 1. The van der Waals surface area contributed by atoms with Gasteiger partial charge in [-0.1, -0.05) is 6.58 Å². The third kappa shape index (κ3) is 7.41. The fourth-order valence-corrected chi connectivity index (χ4v) is 11.2. The molecule has 15 heteroatoms. The van der Waals surface area contributed by atoms with Crippen molar-refractivity contribution in [1.29, 1.82) is 0 Å². The highest BCUT2D eigenvalue weighted by Gasteiger charge is 2.50. The Morgan fingerprint density at radius 1 is 1.00 bits per heavy atom. The summed E-state index contributed by atoms with van der Waals surface area (Å²) in [6.07, 6.45) is 8.77. The molecule has 288 valence electrons. The minimum Gasteiger partial charge on any atom is -0.451 e. The molecule has 5 saturated heterocycles. The minimum atomic E-state index is -3.58.